The van der Waals surface area contributed by atoms with Gasteiger partial charge in [-0.1, -0.05) is 78.9 Å². The molecular formula is C41H27N3S. The predicted molar refractivity (Wildman–Crippen MR) is 192 cm³/mol. The monoisotopic (exact) mass is 593 g/mol. The third-order valence-corrected chi connectivity index (χ3v) is 9.80. The highest BCUT2D eigenvalue weighted by Crippen LogP contribution is 2.45. The van der Waals surface area contributed by atoms with Crippen molar-refractivity contribution in [1.82, 2.24) is 9.55 Å². The van der Waals surface area contributed by atoms with Crippen LogP contribution in [0.25, 0.3) is 58.8 Å². The van der Waals surface area contributed by atoms with E-state index in [9.17, 15) is 0 Å². The average molecular weight is 594 g/mol. The first-order valence-electron chi connectivity index (χ1n) is 15.1. The Bertz CT molecular complexity index is 2490. The summed E-state index contributed by atoms with van der Waals surface area (Å²) in [6.45, 7) is 0. The van der Waals surface area contributed by atoms with Crippen LogP contribution in [0.4, 0.5) is 17.1 Å². The minimum absolute atomic E-state index is 1.10. The van der Waals surface area contributed by atoms with Crippen LogP contribution < -0.4 is 4.90 Å². The van der Waals surface area contributed by atoms with Crippen LogP contribution in [0.5, 0.6) is 0 Å². The van der Waals surface area contributed by atoms with Crippen molar-refractivity contribution in [2.75, 3.05) is 4.90 Å². The van der Waals surface area contributed by atoms with E-state index in [-0.39, 0.29) is 0 Å². The van der Waals surface area contributed by atoms with Crippen LogP contribution in [0.2, 0.25) is 0 Å². The topological polar surface area (TPSA) is 21.1 Å². The number of aromatic nitrogens is 2. The van der Waals surface area contributed by atoms with Gasteiger partial charge in [0.25, 0.3) is 0 Å². The third kappa shape index (κ3) is 4.22. The summed E-state index contributed by atoms with van der Waals surface area (Å²) >= 11 is 1.85. The van der Waals surface area contributed by atoms with E-state index < -0.39 is 0 Å². The molecule has 0 unspecified atom stereocenters. The van der Waals surface area contributed by atoms with E-state index in [0.717, 1.165) is 33.9 Å². The molecule has 45 heavy (non-hydrogen) atoms. The number of para-hydroxylation sites is 2. The van der Waals surface area contributed by atoms with Crippen molar-refractivity contribution in [3.05, 3.63) is 164 Å². The minimum Gasteiger partial charge on any atom is -0.310 e. The van der Waals surface area contributed by atoms with E-state index in [1.54, 1.807) is 0 Å². The zero-order valence-electron chi connectivity index (χ0n) is 24.3. The van der Waals surface area contributed by atoms with E-state index in [4.69, 9.17) is 0 Å². The predicted octanol–water partition coefficient (Wildman–Crippen LogP) is 11.7. The second kappa shape index (κ2) is 10.5. The number of fused-ring (bicyclic) bond motifs is 6. The molecule has 0 spiro atoms. The number of nitrogens with zero attached hydrogens (tertiary/aromatic N) is 3. The number of rotatable bonds is 5. The van der Waals surface area contributed by atoms with E-state index in [1.165, 1.54) is 42.0 Å². The molecule has 3 heterocycles. The van der Waals surface area contributed by atoms with Gasteiger partial charge in [0.2, 0.25) is 0 Å². The van der Waals surface area contributed by atoms with Crippen molar-refractivity contribution in [2.45, 2.75) is 0 Å². The van der Waals surface area contributed by atoms with Gasteiger partial charge >= 0.3 is 0 Å². The number of pyridine rings is 1. The van der Waals surface area contributed by atoms with Crippen molar-refractivity contribution in [3.63, 3.8) is 0 Å². The number of hydrogen-bond acceptors (Lipinski definition) is 3. The van der Waals surface area contributed by atoms with Crippen LogP contribution in [0.3, 0.4) is 0 Å². The summed E-state index contributed by atoms with van der Waals surface area (Å²) in [5.74, 6) is 0. The Kier molecular flexibility index (Phi) is 6.00. The Balaban J connectivity index is 1.32. The maximum Gasteiger partial charge on any atom is 0.0562 e. The van der Waals surface area contributed by atoms with Gasteiger partial charge in [-0.25, -0.2) is 0 Å². The van der Waals surface area contributed by atoms with Gasteiger partial charge in [-0.3, -0.25) is 4.98 Å². The summed E-state index contributed by atoms with van der Waals surface area (Å²) in [6.07, 6.45) is 3.74. The number of benzene rings is 6. The second-order valence-corrected chi connectivity index (χ2v) is 12.3. The third-order valence-electron chi connectivity index (χ3n) is 8.65. The fraction of sp³-hybridized carbons (Fsp3) is 0. The highest BCUT2D eigenvalue weighted by molar-refractivity contribution is 7.25. The van der Waals surface area contributed by atoms with E-state index >= 15 is 0 Å². The van der Waals surface area contributed by atoms with E-state index in [2.05, 4.69) is 160 Å². The molecule has 0 fully saturated rings. The van der Waals surface area contributed by atoms with E-state index in [1.807, 2.05) is 29.8 Å². The van der Waals surface area contributed by atoms with Crippen LogP contribution >= 0.6 is 11.3 Å². The molecule has 4 heteroatoms. The van der Waals surface area contributed by atoms with Gasteiger partial charge in [0, 0.05) is 66.0 Å². The van der Waals surface area contributed by atoms with Gasteiger partial charge in [0.05, 0.1) is 16.7 Å². The molecule has 0 aliphatic carbocycles. The molecule has 0 saturated carbocycles. The Morgan fingerprint density at radius 2 is 1.27 bits per heavy atom. The maximum atomic E-state index is 4.36. The average Bonchev–Trinajstić information content (AvgIpc) is 3.65. The molecule has 0 N–H and O–H groups in total. The van der Waals surface area contributed by atoms with Gasteiger partial charge in [0.15, 0.2) is 0 Å². The Morgan fingerprint density at radius 1 is 0.511 bits per heavy atom. The van der Waals surface area contributed by atoms with Crippen molar-refractivity contribution in [3.8, 4) is 16.8 Å². The molecule has 6 aromatic carbocycles. The normalized spacial score (nSPS) is 11.6. The van der Waals surface area contributed by atoms with Crippen molar-refractivity contribution in [2.24, 2.45) is 0 Å². The molecule has 0 radical (unpaired) electrons. The summed E-state index contributed by atoms with van der Waals surface area (Å²) < 4.78 is 5.01. The zero-order valence-corrected chi connectivity index (χ0v) is 25.2. The zero-order chi connectivity index (χ0) is 29.7. The molecule has 3 aromatic heterocycles. The number of thiophene rings is 1. The number of hydrogen-bond donors (Lipinski definition) is 0. The van der Waals surface area contributed by atoms with Crippen LogP contribution in [0.1, 0.15) is 0 Å². The lowest BCUT2D eigenvalue weighted by Crippen LogP contribution is -2.10. The molecule has 0 bridgehead atoms. The lowest BCUT2D eigenvalue weighted by atomic mass is 10.1. The number of anilines is 3. The molecule has 9 aromatic rings. The highest BCUT2D eigenvalue weighted by Gasteiger charge is 2.21. The minimum atomic E-state index is 1.10. The molecule has 3 nitrogen and oxygen atoms in total. The van der Waals surface area contributed by atoms with Crippen LogP contribution in [0.15, 0.2) is 164 Å². The van der Waals surface area contributed by atoms with Gasteiger partial charge in [-0.2, -0.15) is 0 Å². The van der Waals surface area contributed by atoms with E-state index in [0.29, 0.717) is 0 Å². The molecule has 0 aliphatic heterocycles. The quantitative estimate of drug-likeness (QED) is 0.198. The lowest BCUT2D eigenvalue weighted by molar-refractivity contribution is 1.18. The highest BCUT2D eigenvalue weighted by atomic mass is 32.1. The molecule has 9 rings (SSSR count). The van der Waals surface area contributed by atoms with Crippen molar-refractivity contribution >= 4 is 70.4 Å². The Hall–Kier alpha value is -5.71. The van der Waals surface area contributed by atoms with Crippen LogP contribution in [-0.4, -0.2) is 9.55 Å². The SMILES string of the molecule is c1ccc(N(c2ccc3sc4ccccc4c3c2)c2cccc3c2c2ccccc2n3-c2cccc(-c3cccnc3)c2)cc1. The summed E-state index contributed by atoms with van der Waals surface area (Å²) in [4.78, 5) is 6.78. The molecule has 0 amide bonds. The van der Waals surface area contributed by atoms with Gasteiger partial charge in [0.1, 0.15) is 0 Å². The molecule has 0 atom stereocenters. The Morgan fingerprint density at radius 3 is 2.16 bits per heavy atom. The maximum absolute atomic E-state index is 4.36. The summed E-state index contributed by atoms with van der Waals surface area (Å²) in [5, 5.41) is 5.03. The standard InChI is InChI=1S/C41H27N3S/c1-2-13-30(14-3-1)43(32-22-23-40-35(26-32)33-16-5-7-21-39(33)45-40)37-19-9-20-38-41(37)34-17-4-6-18-36(34)44(38)31-15-8-11-28(25-31)29-12-10-24-42-27-29/h1-27H. The first kappa shape index (κ1) is 25.8. The lowest BCUT2D eigenvalue weighted by Gasteiger charge is -2.26. The molecular weight excluding hydrogens is 567 g/mol. The molecule has 0 saturated heterocycles. The first-order chi connectivity index (χ1) is 22.3. The Labute approximate surface area is 264 Å². The smallest absolute Gasteiger partial charge is 0.0562 e. The van der Waals surface area contributed by atoms with Gasteiger partial charge in [-0.15, -0.1) is 11.3 Å². The summed E-state index contributed by atoms with van der Waals surface area (Å²) in [7, 11) is 0. The second-order valence-electron chi connectivity index (χ2n) is 11.3. The summed E-state index contributed by atoms with van der Waals surface area (Å²) in [5.41, 5.74) is 9.13. The fourth-order valence-electron chi connectivity index (χ4n) is 6.68. The van der Waals surface area contributed by atoms with Crippen LogP contribution in [-0.2, 0) is 0 Å². The van der Waals surface area contributed by atoms with Crippen molar-refractivity contribution in [1.29, 1.82) is 0 Å². The van der Waals surface area contributed by atoms with Crippen molar-refractivity contribution < 1.29 is 0 Å². The van der Waals surface area contributed by atoms with Crippen LogP contribution in [0, 0.1) is 0 Å². The molecule has 0 aliphatic rings. The molecule has 212 valence electrons. The largest absolute Gasteiger partial charge is 0.310 e. The first-order valence-corrected chi connectivity index (χ1v) is 15.9. The van der Waals surface area contributed by atoms with Gasteiger partial charge < -0.3 is 9.47 Å². The summed E-state index contributed by atoms with van der Waals surface area (Å²) in [6, 6.07) is 54.6. The fourth-order valence-corrected chi connectivity index (χ4v) is 7.77. The van der Waals surface area contributed by atoms with Gasteiger partial charge in [-0.05, 0) is 78.4 Å².